The summed E-state index contributed by atoms with van der Waals surface area (Å²) >= 11 is 1.78. The molecule has 3 atom stereocenters. The van der Waals surface area contributed by atoms with Crippen LogP contribution in [0.1, 0.15) is 36.9 Å². The van der Waals surface area contributed by atoms with E-state index in [1.807, 2.05) is 0 Å². The topological polar surface area (TPSA) is 46.6 Å². The van der Waals surface area contributed by atoms with E-state index in [1.165, 1.54) is 4.88 Å². The number of hydrogen-bond acceptors (Lipinski definition) is 6. The lowest BCUT2D eigenvalue weighted by molar-refractivity contribution is -0.00461. The molecule has 1 N–H and O–H groups in total. The van der Waals surface area contributed by atoms with Crippen molar-refractivity contribution in [3.63, 3.8) is 0 Å². The molecule has 21 heavy (non-hydrogen) atoms. The summed E-state index contributed by atoms with van der Waals surface area (Å²) in [6.45, 7) is 9.22. The molecule has 0 amide bonds. The summed E-state index contributed by atoms with van der Waals surface area (Å²) in [5.41, 5.74) is 1.13. The molecule has 2 rings (SSSR count). The van der Waals surface area contributed by atoms with Crippen LogP contribution in [0.4, 0.5) is 5.13 Å². The van der Waals surface area contributed by atoms with Crippen LogP contribution in [-0.2, 0) is 9.47 Å². The molecule has 1 aliphatic rings. The first-order valence-electron chi connectivity index (χ1n) is 7.61. The molecule has 0 saturated carbocycles. The van der Waals surface area contributed by atoms with Crippen LogP contribution in [0.15, 0.2) is 0 Å². The Morgan fingerprint density at radius 3 is 2.48 bits per heavy atom. The molecule has 3 unspecified atom stereocenters. The van der Waals surface area contributed by atoms with E-state index in [4.69, 9.17) is 14.5 Å². The molecule has 1 saturated heterocycles. The fourth-order valence-corrected chi connectivity index (χ4v) is 3.85. The Balaban J connectivity index is 2.08. The number of nitrogens with zero attached hydrogens (tertiary/aromatic N) is 2. The Bertz CT molecular complexity index is 440. The van der Waals surface area contributed by atoms with Crippen molar-refractivity contribution in [2.24, 2.45) is 0 Å². The number of methoxy groups -OCH3 is 2. The molecule has 1 aliphatic heterocycles. The number of rotatable bonds is 7. The van der Waals surface area contributed by atoms with Crippen LogP contribution in [-0.4, -0.2) is 51.0 Å². The maximum absolute atomic E-state index is 5.50. The van der Waals surface area contributed by atoms with Crippen LogP contribution in [0.25, 0.3) is 0 Å². The quantitative estimate of drug-likeness (QED) is 0.837. The highest BCUT2D eigenvalue weighted by Crippen LogP contribution is 2.33. The van der Waals surface area contributed by atoms with Crippen LogP contribution in [0.3, 0.4) is 0 Å². The second-order valence-corrected chi connectivity index (χ2v) is 6.58. The van der Waals surface area contributed by atoms with Crippen molar-refractivity contribution >= 4 is 16.5 Å². The Labute approximate surface area is 131 Å². The number of thiazole rings is 1. The number of hydrogen-bond donors (Lipinski definition) is 1. The zero-order chi connectivity index (χ0) is 15.4. The highest BCUT2D eigenvalue weighted by atomic mass is 32.1. The van der Waals surface area contributed by atoms with Crippen molar-refractivity contribution < 1.29 is 9.47 Å². The maximum Gasteiger partial charge on any atom is 0.186 e. The van der Waals surface area contributed by atoms with Crippen molar-refractivity contribution in [1.82, 2.24) is 10.3 Å². The van der Waals surface area contributed by atoms with Gasteiger partial charge in [0, 0.05) is 38.2 Å². The summed E-state index contributed by atoms with van der Waals surface area (Å²) in [4.78, 5) is 8.35. The first-order chi connectivity index (χ1) is 10.1. The fourth-order valence-electron chi connectivity index (χ4n) is 2.74. The number of ether oxygens (including phenoxy) is 2. The average Bonchev–Trinajstić information content (AvgIpc) is 3.07. The van der Waals surface area contributed by atoms with Crippen LogP contribution in [0.5, 0.6) is 0 Å². The number of aryl methyl sites for hydroxylation is 1. The molecule has 1 fully saturated rings. The SMILES string of the molecule is CCCNC(C)c1sc(N2CC(OC)C(OC)C2)nc1C. The number of aromatic nitrogens is 1. The smallest absolute Gasteiger partial charge is 0.186 e. The highest BCUT2D eigenvalue weighted by molar-refractivity contribution is 7.15. The van der Waals surface area contributed by atoms with Gasteiger partial charge in [0.05, 0.1) is 5.69 Å². The summed E-state index contributed by atoms with van der Waals surface area (Å²) in [7, 11) is 3.49. The second kappa shape index (κ2) is 7.54. The lowest BCUT2D eigenvalue weighted by atomic mass is 10.2. The van der Waals surface area contributed by atoms with Gasteiger partial charge in [-0.3, -0.25) is 0 Å². The van der Waals surface area contributed by atoms with Gasteiger partial charge in [-0.2, -0.15) is 0 Å². The van der Waals surface area contributed by atoms with Gasteiger partial charge in [0.15, 0.2) is 5.13 Å². The molecule has 6 heteroatoms. The van der Waals surface area contributed by atoms with Gasteiger partial charge in [-0.05, 0) is 26.8 Å². The first kappa shape index (κ1) is 16.7. The molecule has 1 aromatic rings. The molecule has 0 radical (unpaired) electrons. The van der Waals surface area contributed by atoms with Gasteiger partial charge < -0.3 is 19.7 Å². The lowest BCUT2D eigenvalue weighted by Crippen LogP contribution is -2.27. The van der Waals surface area contributed by atoms with Gasteiger partial charge in [-0.15, -0.1) is 11.3 Å². The minimum Gasteiger partial charge on any atom is -0.377 e. The van der Waals surface area contributed by atoms with E-state index in [9.17, 15) is 0 Å². The van der Waals surface area contributed by atoms with Gasteiger partial charge in [-0.1, -0.05) is 6.92 Å². The molecule has 0 spiro atoms. The molecular weight excluding hydrogens is 286 g/mol. The van der Waals surface area contributed by atoms with Crippen molar-refractivity contribution in [2.75, 3.05) is 38.8 Å². The van der Waals surface area contributed by atoms with Gasteiger partial charge in [0.25, 0.3) is 0 Å². The molecule has 0 bridgehead atoms. The molecule has 1 aromatic heterocycles. The van der Waals surface area contributed by atoms with E-state index in [1.54, 1.807) is 25.6 Å². The molecule has 0 aromatic carbocycles. The Morgan fingerprint density at radius 2 is 1.95 bits per heavy atom. The lowest BCUT2D eigenvalue weighted by Gasteiger charge is -2.14. The number of nitrogens with one attached hydrogen (secondary N) is 1. The van der Waals surface area contributed by atoms with Gasteiger partial charge >= 0.3 is 0 Å². The van der Waals surface area contributed by atoms with E-state index in [0.29, 0.717) is 6.04 Å². The van der Waals surface area contributed by atoms with E-state index in [2.05, 4.69) is 31.0 Å². The van der Waals surface area contributed by atoms with Crippen LogP contribution >= 0.6 is 11.3 Å². The Hall–Kier alpha value is -0.690. The predicted octanol–water partition coefficient (Wildman–Crippen LogP) is 2.36. The third-order valence-corrected chi connectivity index (χ3v) is 5.41. The summed E-state index contributed by atoms with van der Waals surface area (Å²) < 4.78 is 11.0. The van der Waals surface area contributed by atoms with Gasteiger partial charge in [-0.25, -0.2) is 4.98 Å². The maximum atomic E-state index is 5.50. The van der Waals surface area contributed by atoms with E-state index >= 15 is 0 Å². The third kappa shape index (κ3) is 3.74. The largest absolute Gasteiger partial charge is 0.377 e. The normalized spacial score (nSPS) is 23.8. The molecule has 0 aliphatic carbocycles. The minimum absolute atomic E-state index is 0.123. The summed E-state index contributed by atoms with van der Waals surface area (Å²) in [5, 5.41) is 4.61. The highest BCUT2D eigenvalue weighted by Gasteiger charge is 2.34. The average molecular weight is 313 g/mol. The van der Waals surface area contributed by atoms with E-state index in [0.717, 1.165) is 36.9 Å². The van der Waals surface area contributed by atoms with E-state index in [-0.39, 0.29) is 12.2 Å². The van der Waals surface area contributed by atoms with Gasteiger partial charge in [0.2, 0.25) is 0 Å². The molecule has 2 heterocycles. The Morgan fingerprint density at radius 1 is 1.33 bits per heavy atom. The number of anilines is 1. The van der Waals surface area contributed by atoms with Crippen molar-refractivity contribution in [3.8, 4) is 0 Å². The zero-order valence-corrected chi connectivity index (χ0v) is 14.5. The van der Waals surface area contributed by atoms with Crippen molar-refractivity contribution in [2.45, 2.75) is 45.4 Å². The van der Waals surface area contributed by atoms with Crippen molar-refractivity contribution in [3.05, 3.63) is 10.6 Å². The summed E-state index contributed by atoms with van der Waals surface area (Å²) in [6.07, 6.45) is 1.39. The summed E-state index contributed by atoms with van der Waals surface area (Å²) in [5.74, 6) is 0. The Kier molecular flexibility index (Phi) is 5.98. The monoisotopic (exact) mass is 313 g/mol. The van der Waals surface area contributed by atoms with Crippen LogP contribution in [0.2, 0.25) is 0 Å². The third-order valence-electron chi connectivity index (χ3n) is 4.01. The fraction of sp³-hybridized carbons (Fsp3) is 0.800. The van der Waals surface area contributed by atoms with Gasteiger partial charge in [0.1, 0.15) is 12.2 Å². The minimum atomic E-state index is 0.123. The van der Waals surface area contributed by atoms with Crippen LogP contribution in [0, 0.1) is 6.92 Å². The summed E-state index contributed by atoms with van der Waals surface area (Å²) in [6, 6.07) is 0.357. The standard InChI is InChI=1S/C15H27N3O2S/c1-6-7-16-10(2)14-11(3)17-15(21-14)18-8-12(19-4)13(9-18)20-5/h10,12-13,16H,6-9H2,1-5H3. The first-order valence-corrected chi connectivity index (χ1v) is 8.43. The zero-order valence-electron chi connectivity index (χ0n) is 13.7. The van der Waals surface area contributed by atoms with Crippen LogP contribution < -0.4 is 10.2 Å². The van der Waals surface area contributed by atoms with E-state index < -0.39 is 0 Å². The molecule has 5 nitrogen and oxygen atoms in total. The van der Waals surface area contributed by atoms with Crippen molar-refractivity contribution in [1.29, 1.82) is 0 Å². The molecule has 120 valence electrons. The second-order valence-electron chi connectivity index (χ2n) is 5.58. The predicted molar refractivity (Wildman–Crippen MR) is 87.4 cm³/mol. The molecular formula is C15H27N3O2S.